The van der Waals surface area contributed by atoms with Gasteiger partial charge in [0.25, 0.3) is 5.91 Å². The second kappa shape index (κ2) is 5.12. The normalized spacial score (nSPS) is 17.6. The molecule has 0 radical (unpaired) electrons. The van der Waals surface area contributed by atoms with Crippen LogP contribution in [-0.2, 0) is 9.59 Å². The average Bonchev–Trinajstić information content (AvgIpc) is 2.81. The van der Waals surface area contributed by atoms with Gasteiger partial charge >= 0.3 is 0 Å². The van der Waals surface area contributed by atoms with Crippen molar-refractivity contribution in [3.8, 4) is 5.88 Å². The first kappa shape index (κ1) is 12.5. The number of carbonyl (C=O) groups excluding carboxylic acids is 2. The second-order valence-electron chi connectivity index (χ2n) is 4.37. The molecular formula is C12H17N3O3. The third-order valence-corrected chi connectivity index (χ3v) is 3.09. The van der Waals surface area contributed by atoms with E-state index in [9.17, 15) is 9.59 Å². The summed E-state index contributed by atoms with van der Waals surface area (Å²) in [5.41, 5.74) is 1.01. The summed E-state index contributed by atoms with van der Waals surface area (Å²) in [4.78, 5) is 31.3. The van der Waals surface area contributed by atoms with Gasteiger partial charge in [-0.1, -0.05) is 13.8 Å². The van der Waals surface area contributed by atoms with E-state index in [1.165, 1.54) is 0 Å². The number of H-pyrrole nitrogens is 1. The summed E-state index contributed by atoms with van der Waals surface area (Å²) in [6.45, 7) is 4.08. The molecule has 2 amide bonds. The van der Waals surface area contributed by atoms with Gasteiger partial charge in [-0.3, -0.25) is 9.59 Å². The lowest BCUT2D eigenvalue weighted by Gasteiger charge is -2.26. The number of rotatable bonds is 4. The topological polar surface area (TPSA) is 74.4 Å². The molecule has 98 valence electrons. The maximum absolute atomic E-state index is 11.6. The maximum atomic E-state index is 11.6. The third-order valence-electron chi connectivity index (χ3n) is 3.09. The van der Waals surface area contributed by atoms with Crippen molar-refractivity contribution >= 4 is 11.8 Å². The lowest BCUT2D eigenvalue weighted by atomic mass is 10.0. The van der Waals surface area contributed by atoms with Gasteiger partial charge < -0.3 is 15.1 Å². The van der Waals surface area contributed by atoms with Crippen LogP contribution in [0, 0.1) is 0 Å². The van der Waals surface area contributed by atoms with Gasteiger partial charge in [0, 0.05) is 11.8 Å². The van der Waals surface area contributed by atoms with Gasteiger partial charge in [-0.15, -0.1) is 0 Å². The van der Waals surface area contributed by atoms with Crippen LogP contribution in [0.2, 0.25) is 0 Å². The zero-order valence-electron chi connectivity index (χ0n) is 10.5. The number of piperazine rings is 1. The highest BCUT2D eigenvalue weighted by Gasteiger charge is 2.26. The van der Waals surface area contributed by atoms with Gasteiger partial charge in [-0.2, -0.15) is 5.06 Å². The number of aromatic amines is 1. The second-order valence-corrected chi connectivity index (χ2v) is 4.37. The molecule has 6 nitrogen and oxygen atoms in total. The van der Waals surface area contributed by atoms with E-state index in [1.807, 2.05) is 6.07 Å². The summed E-state index contributed by atoms with van der Waals surface area (Å²) in [7, 11) is 0. The van der Waals surface area contributed by atoms with E-state index in [-0.39, 0.29) is 24.9 Å². The van der Waals surface area contributed by atoms with E-state index in [0.717, 1.165) is 17.0 Å². The van der Waals surface area contributed by atoms with Crippen LogP contribution in [0.25, 0.3) is 0 Å². The lowest BCUT2D eigenvalue weighted by molar-refractivity contribution is -0.166. The lowest BCUT2D eigenvalue weighted by Crippen LogP contribution is -2.52. The van der Waals surface area contributed by atoms with E-state index >= 15 is 0 Å². The van der Waals surface area contributed by atoms with Crippen molar-refractivity contribution in [1.29, 1.82) is 0 Å². The van der Waals surface area contributed by atoms with E-state index in [0.29, 0.717) is 11.8 Å². The number of hydrogen-bond acceptors (Lipinski definition) is 3. The number of nitrogens with zero attached hydrogens (tertiary/aromatic N) is 1. The molecule has 1 fully saturated rings. The molecule has 1 unspecified atom stereocenters. The predicted octanol–water partition coefficient (Wildman–Crippen LogP) is 0.780. The predicted molar refractivity (Wildman–Crippen MR) is 64.8 cm³/mol. The van der Waals surface area contributed by atoms with Crippen molar-refractivity contribution < 1.29 is 14.4 Å². The van der Waals surface area contributed by atoms with Gasteiger partial charge in [0.2, 0.25) is 11.8 Å². The molecule has 1 saturated heterocycles. The highest BCUT2D eigenvalue weighted by Crippen LogP contribution is 2.27. The van der Waals surface area contributed by atoms with Crippen molar-refractivity contribution in [3.05, 3.63) is 17.8 Å². The number of carbonyl (C=O) groups is 2. The van der Waals surface area contributed by atoms with Crippen LogP contribution in [0.15, 0.2) is 12.3 Å². The molecule has 2 rings (SSSR count). The number of aromatic nitrogens is 1. The molecule has 6 heteroatoms. The van der Waals surface area contributed by atoms with Crippen LogP contribution in [0.3, 0.4) is 0 Å². The molecule has 0 saturated carbocycles. The van der Waals surface area contributed by atoms with Gasteiger partial charge in [-0.25, -0.2) is 0 Å². The maximum Gasteiger partial charge on any atom is 0.275 e. The largest absolute Gasteiger partial charge is 0.358 e. The minimum absolute atomic E-state index is 0.0157. The molecule has 1 aliphatic heterocycles. The molecule has 2 N–H and O–H groups in total. The molecule has 0 bridgehead atoms. The number of amides is 2. The molecule has 2 heterocycles. The Morgan fingerprint density at radius 2 is 2.28 bits per heavy atom. The van der Waals surface area contributed by atoms with Crippen molar-refractivity contribution in [2.75, 3.05) is 13.1 Å². The van der Waals surface area contributed by atoms with Gasteiger partial charge in [0.1, 0.15) is 6.54 Å². The van der Waals surface area contributed by atoms with Crippen LogP contribution >= 0.6 is 0 Å². The van der Waals surface area contributed by atoms with Crippen LogP contribution in [0.4, 0.5) is 0 Å². The smallest absolute Gasteiger partial charge is 0.275 e. The zero-order valence-corrected chi connectivity index (χ0v) is 10.5. The van der Waals surface area contributed by atoms with E-state index in [2.05, 4.69) is 24.1 Å². The Labute approximate surface area is 105 Å². The fraction of sp³-hybridized carbons (Fsp3) is 0.500. The first-order valence-electron chi connectivity index (χ1n) is 6.04. The fourth-order valence-electron chi connectivity index (χ4n) is 1.78. The van der Waals surface area contributed by atoms with E-state index in [1.54, 1.807) is 6.20 Å². The summed E-state index contributed by atoms with van der Waals surface area (Å²) in [5.74, 6) is 0.401. The summed E-state index contributed by atoms with van der Waals surface area (Å²) < 4.78 is 0. The first-order chi connectivity index (χ1) is 8.61. The quantitative estimate of drug-likeness (QED) is 0.830. The molecular weight excluding hydrogens is 234 g/mol. The molecule has 18 heavy (non-hydrogen) atoms. The molecule has 1 aliphatic rings. The van der Waals surface area contributed by atoms with Crippen molar-refractivity contribution in [2.45, 2.75) is 26.2 Å². The number of hydrogen-bond donors (Lipinski definition) is 2. The molecule has 0 spiro atoms. The van der Waals surface area contributed by atoms with Gasteiger partial charge in [0.05, 0.1) is 6.54 Å². The van der Waals surface area contributed by atoms with Crippen molar-refractivity contribution in [2.24, 2.45) is 0 Å². The summed E-state index contributed by atoms with van der Waals surface area (Å²) in [6.07, 6.45) is 2.74. The van der Waals surface area contributed by atoms with Gasteiger partial charge in [0.15, 0.2) is 0 Å². The molecule has 0 aromatic carbocycles. The molecule has 1 atom stereocenters. The van der Waals surface area contributed by atoms with Crippen molar-refractivity contribution in [1.82, 2.24) is 15.4 Å². The monoisotopic (exact) mass is 251 g/mol. The molecule has 1 aromatic rings. The minimum atomic E-state index is -0.251. The third kappa shape index (κ3) is 2.47. The Balaban J connectivity index is 2.11. The zero-order chi connectivity index (χ0) is 13.1. The first-order valence-corrected chi connectivity index (χ1v) is 6.04. The summed E-state index contributed by atoms with van der Waals surface area (Å²) in [6, 6.07) is 1.93. The minimum Gasteiger partial charge on any atom is -0.358 e. The highest BCUT2D eigenvalue weighted by atomic mass is 16.7. The standard InChI is InChI=1S/C12H17N3O3/c1-3-8(2)9-4-5-13-12(9)18-15-7-10(16)14-6-11(15)17/h4-5,8,13H,3,6-7H2,1-2H3,(H,14,16). The van der Waals surface area contributed by atoms with E-state index < -0.39 is 0 Å². The Hall–Kier alpha value is -1.98. The summed E-state index contributed by atoms with van der Waals surface area (Å²) in [5, 5.41) is 3.56. The van der Waals surface area contributed by atoms with Crippen LogP contribution < -0.4 is 10.2 Å². The van der Waals surface area contributed by atoms with Crippen LogP contribution in [-0.4, -0.2) is 35.0 Å². The Kier molecular flexibility index (Phi) is 3.55. The molecule has 1 aromatic heterocycles. The fourth-order valence-corrected chi connectivity index (χ4v) is 1.78. The Morgan fingerprint density at radius 1 is 1.50 bits per heavy atom. The SMILES string of the molecule is CCC(C)c1cc[nH]c1ON1CC(=O)NCC1=O. The van der Waals surface area contributed by atoms with E-state index in [4.69, 9.17) is 4.84 Å². The van der Waals surface area contributed by atoms with Crippen LogP contribution in [0.1, 0.15) is 31.7 Å². The van der Waals surface area contributed by atoms with Crippen LogP contribution in [0.5, 0.6) is 5.88 Å². The highest BCUT2D eigenvalue weighted by molar-refractivity contribution is 5.91. The van der Waals surface area contributed by atoms with Crippen molar-refractivity contribution in [3.63, 3.8) is 0 Å². The average molecular weight is 251 g/mol. The van der Waals surface area contributed by atoms with Gasteiger partial charge in [-0.05, 0) is 18.4 Å². The Bertz CT molecular complexity index is 455. The number of hydroxylamine groups is 2. The summed E-state index contributed by atoms with van der Waals surface area (Å²) >= 11 is 0. The molecule has 0 aliphatic carbocycles. The number of nitrogens with one attached hydrogen (secondary N) is 2. The Morgan fingerprint density at radius 3 is 3.00 bits per heavy atom.